The Hall–Kier alpha value is -3.45. The van der Waals surface area contributed by atoms with Crippen LogP contribution in [0, 0.1) is 0 Å². The van der Waals surface area contributed by atoms with Crippen molar-refractivity contribution < 1.29 is 13.2 Å². The molecule has 4 aromatic rings. The van der Waals surface area contributed by atoms with Gasteiger partial charge >= 0.3 is 0 Å². The van der Waals surface area contributed by atoms with Crippen LogP contribution in [0.4, 0.5) is 11.4 Å². The van der Waals surface area contributed by atoms with Gasteiger partial charge in [0.05, 0.1) is 16.1 Å². The monoisotopic (exact) mass is 391 g/mol. The zero-order chi connectivity index (χ0) is 19.7. The van der Waals surface area contributed by atoms with E-state index in [4.69, 9.17) is 0 Å². The molecule has 0 bridgehead atoms. The maximum absolute atomic E-state index is 12.8. The Morgan fingerprint density at radius 3 is 2.39 bits per heavy atom. The summed E-state index contributed by atoms with van der Waals surface area (Å²) in [4.78, 5) is 15.6. The Balaban J connectivity index is 1.72. The van der Waals surface area contributed by atoms with Crippen molar-refractivity contribution in [3.8, 4) is 0 Å². The lowest BCUT2D eigenvalue weighted by Crippen LogP contribution is -2.13. The first kappa shape index (κ1) is 17.9. The minimum Gasteiger partial charge on any atom is -0.326 e. The highest BCUT2D eigenvalue weighted by Gasteiger charge is 2.16. The number of benzene rings is 3. The Morgan fingerprint density at radius 1 is 0.893 bits per heavy atom. The van der Waals surface area contributed by atoms with E-state index in [9.17, 15) is 13.2 Å². The van der Waals surface area contributed by atoms with Crippen LogP contribution in [-0.4, -0.2) is 19.3 Å². The molecular weight excluding hydrogens is 374 g/mol. The van der Waals surface area contributed by atoms with Gasteiger partial charge in [0.15, 0.2) is 0 Å². The van der Waals surface area contributed by atoms with Crippen LogP contribution in [0.1, 0.15) is 6.92 Å². The minimum absolute atomic E-state index is 0.104. The van der Waals surface area contributed by atoms with Crippen LogP contribution < -0.4 is 10.0 Å². The van der Waals surface area contributed by atoms with E-state index < -0.39 is 10.0 Å². The average molecular weight is 391 g/mol. The molecule has 140 valence electrons. The molecule has 1 heterocycles. The third-order valence-corrected chi connectivity index (χ3v) is 5.75. The number of nitrogens with zero attached hydrogens (tertiary/aromatic N) is 1. The number of hydrogen-bond donors (Lipinski definition) is 2. The molecule has 0 aliphatic heterocycles. The smallest absolute Gasteiger partial charge is 0.261 e. The number of carbonyl (C=O) groups excluding carboxylic acids is 1. The number of aromatic nitrogens is 1. The van der Waals surface area contributed by atoms with Crippen molar-refractivity contribution in [2.75, 3.05) is 10.0 Å². The van der Waals surface area contributed by atoms with E-state index in [2.05, 4.69) is 15.0 Å². The van der Waals surface area contributed by atoms with E-state index in [-0.39, 0.29) is 10.8 Å². The molecule has 0 spiro atoms. The molecule has 7 heteroatoms. The second-order valence-electron chi connectivity index (χ2n) is 6.35. The molecule has 1 amide bonds. The van der Waals surface area contributed by atoms with Crippen molar-refractivity contribution in [3.63, 3.8) is 0 Å². The number of pyridine rings is 1. The number of sulfonamides is 1. The van der Waals surface area contributed by atoms with Crippen LogP contribution in [0.3, 0.4) is 0 Å². The number of amides is 1. The number of carbonyl (C=O) groups is 1. The largest absolute Gasteiger partial charge is 0.326 e. The summed E-state index contributed by atoms with van der Waals surface area (Å²) in [5.41, 5.74) is 1.73. The summed E-state index contributed by atoms with van der Waals surface area (Å²) >= 11 is 0. The minimum atomic E-state index is -3.79. The van der Waals surface area contributed by atoms with Gasteiger partial charge in [-0.05, 0) is 35.7 Å². The van der Waals surface area contributed by atoms with Gasteiger partial charge in [-0.1, -0.05) is 36.4 Å². The Kier molecular flexibility index (Phi) is 4.44. The summed E-state index contributed by atoms with van der Waals surface area (Å²) in [5, 5.41) is 5.33. The van der Waals surface area contributed by atoms with Crippen molar-refractivity contribution in [3.05, 3.63) is 72.9 Å². The molecule has 0 fully saturated rings. The van der Waals surface area contributed by atoms with Crippen molar-refractivity contribution in [2.24, 2.45) is 0 Å². The zero-order valence-electron chi connectivity index (χ0n) is 15.0. The van der Waals surface area contributed by atoms with Crippen molar-refractivity contribution in [1.29, 1.82) is 0 Å². The third-order valence-electron chi connectivity index (χ3n) is 4.36. The van der Waals surface area contributed by atoms with E-state index in [0.717, 1.165) is 21.7 Å². The number of anilines is 2. The van der Waals surface area contributed by atoms with E-state index in [1.165, 1.54) is 19.1 Å². The first-order valence-electron chi connectivity index (χ1n) is 8.61. The standard InChI is InChI=1S/C21H17N3O3S/c1-14(25)23-16-7-9-17(10-8-16)28(26,27)24-20-12-13-22-21-18-5-3-2-4-15(18)6-11-19(20)21/h2-13H,1H3,(H,22,24)(H,23,25). The maximum atomic E-state index is 12.8. The third kappa shape index (κ3) is 3.39. The molecule has 0 aliphatic rings. The summed E-state index contributed by atoms with van der Waals surface area (Å²) in [6, 6.07) is 19.3. The SMILES string of the molecule is CC(=O)Nc1ccc(S(=O)(=O)Nc2ccnc3c2ccc2ccccc23)cc1. The molecule has 0 unspecified atom stereocenters. The van der Waals surface area contributed by atoms with Gasteiger partial charge in [-0.25, -0.2) is 8.42 Å². The lowest BCUT2D eigenvalue weighted by Gasteiger charge is -2.12. The van der Waals surface area contributed by atoms with Gasteiger partial charge in [-0.15, -0.1) is 0 Å². The summed E-state index contributed by atoms with van der Waals surface area (Å²) in [5.74, 6) is -0.218. The summed E-state index contributed by atoms with van der Waals surface area (Å²) in [6.45, 7) is 1.39. The molecule has 1 aromatic heterocycles. The van der Waals surface area contributed by atoms with Crippen LogP contribution in [0.15, 0.2) is 77.8 Å². The van der Waals surface area contributed by atoms with Gasteiger partial charge in [0.2, 0.25) is 5.91 Å². The molecule has 4 rings (SSSR count). The average Bonchev–Trinajstić information content (AvgIpc) is 2.68. The van der Waals surface area contributed by atoms with Crippen molar-refractivity contribution in [2.45, 2.75) is 11.8 Å². The molecule has 3 aromatic carbocycles. The second kappa shape index (κ2) is 6.94. The first-order chi connectivity index (χ1) is 13.4. The summed E-state index contributed by atoms with van der Waals surface area (Å²) in [6.07, 6.45) is 1.59. The van der Waals surface area contributed by atoms with Crippen LogP contribution in [0.2, 0.25) is 0 Å². The van der Waals surface area contributed by atoms with Gasteiger partial charge in [-0.2, -0.15) is 0 Å². The number of rotatable bonds is 4. The maximum Gasteiger partial charge on any atom is 0.261 e. The second-order valence-corrected chi connectivity index (χ2v) is 8.03. The fraction of sp³-hybridized carbons (Fsp3) is 0.0476. The molecule has 0 atom stereocenters. The normalized spacial score (nSPS) is 11.5. The molecular formula is C21H17N3O3S. The molecule has 6 nitrogen and oxygen atoms in total. The lowest BCUT2D eigenvalue weighted by molar-refractivity contribution is -0.114. The van der Waals surface area contributed by atoms with E-state index in [0.29, 0.717) is 11.4 Å². The van der Waals surface area contributed by atoms with Gasteiger partial charge in [0, 0.05) is 29.6 Å². The van der Waals surface area contributed by atoms with E-state index in [1.807, 2.05) is 36.4 Å². The van der Waals surface area contributed by atoms with Gasteiger partial charge in [0.25, 0.3) is 10.0 Å². The Morgan fingerprint density at radius 2 is 1.64 bits per heavy atom. The van der Waals surface area contributed by atoms with Crippen LogP contribution in [0.25, 0.3) is 21.7 Å². The molecule has 0 saturated heterocycles. The zero-order valence-corrected chi connectivity index (χ0v) is 15.8. The number of nitrogens with one attached hydrogen (secondary N) is 2. The van der Waals surface area contributed by atoms with Crippen LogP contribution in [0.5, 0.6) is 0 Å². The molecule has 2 N–H and O–H groups in total. The number of fused-ring (bicyclic) bond motifs is 3. The van der Waals surface area contributed by atoms with Gasteiger partial charge in [0.1, 0.15) is 0 Å². The summed E-state index contributed by atoms with van der Waals surface area (Å²) < 4.78 is 28.3. The van der Waals surface area contributed by atoms with Crippen LogP contribution in [-0.2, 0) is 14.8 Å². The van der Waals surface area contributed by atoms with Crippen LogP contribution >= 0.6 is 0 Å². The molecule has 0 radical (unpaired) electrons. The molecule has 28 heavy (non-hydrogen) atoms. The van der Waals surface area contributed by atoms with E-state index in [1.54, 1.807) is 24.4 Å². The lowest BCUT2D eigenvalue weighted by atomic mass is 10.1. The Bertz CT molecular complexity index is 1300. The van der Waals surface area contributed by atoms with Crippen molar-refractivity contribution >= 4 is 49.0 Å². The fourth-order valence-electron chi connectivity index (χ4n) is 3.10. The summed E-state index contributed by atoms with van der Waals surface area (Å²) in [7, 11) is -3.79. The molecule has 0 aliphatic carbocycles. The predicted octanol–water partition coefficient (Wildman–Crippen LogP) is 4.15. The topological polar surface area (TPSA) is 88.2 Å². The first-order valence-corrected chi connectivity index (χ1v) is 10.1. The van der Waals surface area contributed by atoms with Gasteiger partial charge < -0.3 is 5.32 Å². The van der Waals surface area contributed by atoms with Crippen molar-refractivity contribution in [1.82, 2.24) is 4.98 Å². The van der Waals surface area contributed by atoms with E-state index >= 15 is 0 Å². The highest BCUT2D eigenvalue weighted by Crippen LogP contribution is 2.30. The predicted molar refractivity (Wildman–Crippen MR) is 111 cm³/mol. The highest BCUT2D eigenvalue weighted by molar-refractivity contribution is 7.92. The molecule has 0 saturated carbocycles. The highest BCUT2D eigenvalue weighted by atomic mass is 32.2. The quantitative estimate of drug-likeness (QED) is 0.512. The number of hydrogen-bond acceptors (Lipinski definition) is 4. The Labute approximate surface area is 162 Å². The fourth-order valence-corrected chi connectivity index (χ4v) is 4.18. The van der Waals surface area contributed by atoms with Gasteiger partial charge in [-0.3, -0.25) is 14.5 Å².